The van der Waals surface area contributed by atoms with Crippen LogP contribution in [0.4, 0.5) is 4.39 Å². The number of aliphatic imine (C=N–C) groups is 1. The first-order valence-electron chi connectivity index (χ1n) is 7.64. The highest BCUT2D eigenvalue weighted by Crippen LogP contribution is 2.27. The number of esters is 1. The molecule has 0 radical (unpaired) electrons. The second kappa shape index (κ2) is 7.49. The first-order chi connectivity index (χ1) is 12.0. The molecule has 0 saturated heterocycles. The maximum atomic E-state index is 12.9. The predicted molar refractivity (Wildman–Crippen MR) is 94.2 cm³/mol. The number of rotatable bonds is 5. The SMILES string of the molecule is COc1ccc(Cl)cc1/C=C1/N=C(CCc2ccc(F)cc2)OC1=O. The van der Waals surface area contributed by atoms with Crippen molar-refractivity contribution in [2.75, 3.05) is 7.11 Å². The Morgan fingerprint density at radius 2 is 1.96 bits per heavy atom. The Labute approximate surface area is 149 Å². The number of cyclic esters (lactones) is 1. The normalized spacial score (nSPS) is 15.2. The molecular weight excluding hydrogens is 345 g/mol. The average Bonchev–Trinajstić information content (AvgIpc) is 2.94. The summed E-state index contributed by atoms with van der Waals surface area (Å²) in [6.07, 6.45) is 2.62. The van der Waals surface area contributed by atoms with Crippen LogP contribution in [-0.2, 0) is 16.0 Å². The molecule has 3 rings (SSSR count). The number of benzene rings is 2. The average molecular weight is 360 g/mol. The summed E-state index contributed by atoms with van der Waals surface area (Å²) in [5.41, 5.74) is 1.77. The van der Waals surface area contributed by atoms with E-state index >= 15 is 0 Å². The lowest BCUT2D eigenvalue weighted by molar-refractivity contribution is -0.130. The lowest BCUT2D eigenvalue weighted by Crippen LogP contribution is -2.05. The fourth-order valence-electron chi connectivity index (χ4n) is 2.43. The number of halogens is 2. The molecule has 0 unspecified atom stereocenters. The summed E-state index contributed by atoms with van der Waals surface area (Å²) in [6, 6.07) is 11.3. The van der Waals surface area contributed by atoms with E-state index in [1.165, 1.54) is 19.2 Å². The van der Waals surface area contributed by atoms with Crippen molar-refractivity contribution in [1.29, 1.82) is 0 Å². The van der Waals surface area contributed by atoms with Gasteiger partial charge in [-0.2, -0.15) is 0 Å². The van der Waals surface area contributed by atoms with Crippen LogP contribution in [0.15, 0.2) is 53.2 Å². The first kappa shape index (κ1) is 17.2. The molecule has 0 spiro atoms. The topological polar surface area (TPSA) is 47.9 Å². The Morgan fingerprint density at radius 3 is 2.68 bits per heavy atom. The summed E-state index contributed by atoms with van der Waals surface area (Å²) in [5.74, 6) is 0.117. The molecule has 0 amide bonds. The van der Waals surface area contributed by atoms with E-state index in [0.717, 1.165) is 5.56 Å². The van der Waals surface area contributed by atoms with Gasteiger partial charge in [-0.3, -0.25) is 0 Å². The molecule has 1 heterocycles. The van der Waals surface area contributed by atoms with E-state index in [1.54, 1.807) is 36.4 Å². The van der Waals surface area contributed by atoms with E-state index in [4.69, 9.17) is 21.1 Å². The van der Waals surface area contributed by atoms with Crippen LogP contribution in [-0.4, -0.2) is 19.0 Å². The third-order valence-corrected chi connectivity index (χ3v) is 3.92. The zero-order valence-corrected chi connectivity index (χ0v) is 14.2. The summed E-state index contributed by atoms with van der Waals surface area (Å²) in [5, 5.41) is 0.527. The summed E-state index contributed by atoms with van der Waals surface area (Å²) >= 11 is 5.99. The van der Waals surface area contributed by atoms with E-state index in [2.05, 4.69) is 4.99 Å². The van der Waals surface area contributed by atoms with Gasteiger partial charge in [0.1, 0.15) is 11.6 Å². The third kappa shape index (κ3) is 4.25. The number of carbonyl (C=O) groups is 1. The van der Waals surface area contributed by atoms with Crippen molar-refractivity contribution in [3.05, 3.63) is 70.1 Å². The van der Waals surface area contributed by atoms with Gasteiger partial charge >= 0.3 is 5.97 Å². The van der Waals surface area contributed by atoms with Crippen molar-refractivity contribution in [2.24, 2.45) is 4.99 Å². The lowest BCUT2D eigenvalue weighted by Gasteiger charge is -2.04. The van der Waals surface area contributed by atoms with Crippen LogP contribution >= 0.6 is 11.6 Å². The zero-order chi connectivity index (χ0) is 17.8. The maximum absolute atomic E-state index is 12.9. The van der Waals surface area contributed by atoms with Gasteiger partial charge in [-0.15, -0.1) is 0 Å². The highest BCUT2D eigenvalue weighted by Gasteiger charge is 2.23. The van der Waals surface area contributed by atoms with Gasteiger partial charge in [0.2, 0.25) is 0 Å². The minimum atomic E-state index is -0.517. The number of aryl methyl sites for hydroxylation is 1. The van der Waals surface area contributed by atoms with Gasteiger partial charge < -0.3 is 9.47 Å². The molecule has 1 aliphatic rings. The number of methoxy groups -OCH3 is 1. The van der Waals surface area contributed by atoms with Crippen LogP contribution in [0.2, 0.25) is 5.02 Å². The second-order valence-corrected chi connectivity index (χ2v) is 5.87. The quantitative estimate of drug-likeness (QED) is 0.586. The molecule has 0 fully saturated rings. The van der Waals surface area contributed by atoms with Gasteiger partial charge in [0.25, 0.3) is 0 Å². The Morgan fingerprint density at radius 1 is 1.20 bits per heavy atom. The van der Waals surface area contributed by atoms with Crippen LogP contribution < -0.4 is 4.74 Å². The van der Waals surface area contributed by atoms with E-state index in [-0.39, 0.29) is 11.5 Å². The van der Waals surface area contributed by atoms with Crippen LogP contribution in [0.25, 0.3) is 6.08 Å². The van der Waals surface area contributed by atoms with Crippen LogP contribution in [0.3, 0.4) is 0 Å². The van der Waals surface area contributed by atoms with Crippen molar-refractivity contribution in [2.45, 2.75) is 12.8 Å². The minimum Gasteiger partial charge on any atom is -0.496 e. The van der Waals surface area contributed by atoms with Crippen LogP contribution in [0.5, 0.6) is 5.75 Å². The summed E-state index contributed by atoms with van der Waals surface area (Å²) in [4.78, 5) is 16.2. The molecule has 1 aliphatic heterocycles. The molecule has 4 nitrogen and oxygen atoms in total. The Balaban J connectivity index is 1.76. The fraction of sp³-hybridized carbons (Fsp3) is 0.158. The molecule has 0 saturated carbocycles. The van der Waals surface area contributed by atoms with Crippen LogP contribution in [0.1, 0.15) is 17.5 Å². The molecule has 2 aromatic rings. The minimum absolute atomic E-state index is 0.190. The smallest absolute Gasteiger partial charge is 0.363 e. The molecule has 128 valence electrons. The first-order valence-corrected chi connectivity index (χ1v) is 8.02. The lowest BCUT2D eigenvalue weighted by atomic mass is 10.1. The van der Waals surface area contributed by atoms with Gasteiger partial charge in [-0.05, 0) is 48.4 Å². The summed E-state index contributed by atoms with van der Waals surface area (Å²) in [6.45, 7) is 0. The molecule has 6 heteroatoms. The largest absolute Gasteiger partial charge is 0.496 e. The summed E-state index contributed by atoms with van der Waals surface area (Å²) in [7, 11) is 1.54. The monoisotopic (exact) mass is 359 g/mol. The number of hydrogen-bond donors (Lipinski definition) is 0. The zero-order valence-electron chi connectivity index (χ0n) is 13.5. The van der Waals surface area contributed by atoms with E-state index in [9.17, 15) is 9.18 Å². The number of hydrogen-bond acceptors (Lipinski definition) is 4. The molecule has 2 aromatic carbocycles. The van der Waals surface area contributed by atoms with E-state index in [0.29, 0.717) is 35.1 Å². The van der Waals surface area contributed by atoms with Crippen molar-refractivity contribution >= 4 is 29.5 Å². The van der Waals surface area contributed by atoms with E-state index in [1.807, 2.05) is 0 Å². The molecule has 0 N–H and O–H groups in total. The summed E-state index contributed by atoms with van der Waals surface area (Å²) < 4.78 is 23.4. The third-order valence-electron chi connectivity index (χ3n) is 3.69. The number of ether oxygens (including phenoxy) is 2. The highest BCUT2D eigenvalue weighted by molar-refractivity contribution is 6.30. The molecule has 0 aromatic heterocycles. The fourth-order valence-corrected chi connectivity index (χ4v) is 2.61. The number of carbonyl (C=O) groups excluding carboxylic acids is 1. The second-order valence-electron chi connectivity index (χ2n) is 5.44. The standard InChI is InChI=1S/C19H15ClFNO3/c1-24-17-8-5-14(20)10-13(17)11-16-19(23)25-18(22-16)9-4-12-2-6-15(21)7-3-12/h2-3,5-8,10-11H,4,9H2,1H3/b16-11+. The van der Waals surface area contributed by atoms with Gasteiger partial charge in [-0.1, -0.05) is 23.7 Å². The molecule has 0 bridgehead atoms. The molecule has 0 aliphatic carbocycles. The van der Waals surface area contributed by atoms with Crippen molar-refractivity contribution in [3.8, 4) is 5.75 Å². The van der Waals surface area contributed by atoms with Crippen molar-refractivity contribution in [3.63, 3.8) is 0 Å². The van der Waals surface area contributed by atoms with Gasteiger partial charge in [0, 0.05) is 17.0 Å². The van der Waals surface area contributed by atoms with Crippen LogP contribution in [0, 0.1) is 5.82 Å². The van der Waals surface area contributed by atoms with Gasteiger partial charge in [0.15, 0.2) is 11.6 Å². The van der Waals surface area contributed by atoms with Crippen molar-refractivity contribution in [1.82, 2.24) is 0 Å². The van der Waals surface area contributed by atoms with Crippen molar-refractivity contribution < 1.29 is 18.7 Å². The number of nitrogens with zero attached hydrogens (tertiary/aromatic N) is 1. The molecule has 25 heavy (non-hydrogen) atoms. The predicted octanol–water partition coefficient (Wildman–Crippen LogP) is 4.42. The van der Waals surface area contributed by atoms with Gasteiger partial charge in [0.05, 0.1) is 7.11 Å². The molecule has 0 atom stereocenters. The van der Waals surface area contributed by atoms with Gasteiger partial charge in [-0.25, -0.2) is 14.2 Å². The highest BCUT2D eigenvalue weighted by atomic mass is 35.5. The Hall–Kier alpha value is -2.66. The molecular formula is C19H15ClFNO3. The maximum Gasteiger partial charge on any atom is 0.363 e. The Bertz CT molecular complexity index is 859. The Kier molecular flexibility index (Phi) is 5.14. The van der Waals surface area contributed by atoms with E-state index < -0.39 is 5.97 Å².